The summed E-state index contributed by atoms with van der Waals surface area (Å²) >= 11 is 3.03. The Kier molecular flexibility index (Phi) is 6.46. The van der Waals surface area contributed by atoms with Gasteiger partial charge >= 0.3 is 0 Å². The monoisotopic (exact) mass is 429 g/mol. The third kappa shape index (κ3) is 4.97. The zero-order valence-electron chi connectivity index (χ0n) is 16.3. The summed E-state index contributed by atoms with van der Waals surface area (Å²) in [6.07, 6.45) is 6.49. The van der Waals surface area contributed by atoms with Gasteiger partial charge in [-0.05, 0) is 25.0 Å². The van der Waals surface area contributed by atoms with Crippen LogP contribution in [0.15, 0.2) is 35.6 Å². The second kappa shape index (κ2) is 9.41. The lowest BCUT2D eigenvalue weighted by atomic mass is 10.2. The number of fused-ring (bicyclic) bond motifs is 1. The molecule has 1 aliphatic rings. The number of hydrogen-bond acceptors (Lipinski definition) is 8. The molecule has 0 bridgehead atoms. The van der Waals surface area contributed by atoms with Crippen molar-refractivity contribution >= 4 is 50.2 Å². The second-order valence-corrected chi connectivity index (χ2v) is 8.74. The van der Waals surface area contributed by atoms with Gasteiger partial charge in [-0.15, -0.1) is 0 Å². The van der Waals surface area contributed by atoms with E-state index in [-0.39, 0.29) is 11.7 Å². The molecule has 0 radical (unpaired) electrons. The van der Waals surface area contributed by atoms with Crippen LogP contribution in [0.4, 0.5) is 10.8 Å². The minimum absolute atomic E-state index is 0.0905. The zero-order chi connectivity index (χ0) is 20.1. The maximum atomic E-state index is 12.4. The molecule has 1 saturated heterocycles. The third-order valence-electron chi connectivity index (χ3n) is 4.72. The summed E-state index contributed by atoms with van der Waals surface area (Å²) in [6, 6.07) is 7.32. The third-order valence-corrected chi connectivity index (χ3v) is 6.95. The van der Waals surface area contributed by atoms with Crippen molar-refractivity contribution in [2.24, 2.45) is 0 Å². The Bertz CT molecular complexity index is 986. The molecule has 152 valence electrons. The first kappa shape index (κ1) is 19.9. The molecular formula is C20H23N5O2S2. The summed E-state index contributed by atoms with van der Waals surface area (Å²) < 4.78 is 6.14. The van der Waals surface area contributed by atoms with Crippen molar-refractivity contribution in [3.05, 3.63) is 30.6 Å². The average Bonchev–Trinajstić information content (AvgIpc) is 2.99. The molecule has 4 rings (SSSR count). The van der Waals surface area contributed by atoms with Crippen molar-refractivity contribution in [1.82, 2.24) is 15.0 Å². The van der Waals surface area contributed by atoms with E-state index in [1.54, 1.807) is 24.5 Å². The molecule has 2 aromatic heterocycles. The number of ether oxygens (including phenoxy) is 1. The fourth-order valence-corrected chi connectivity index (χ4v) is 5.20. The zero-order valence-corrected chi connectivity index (χ0v) is 17.9. The van der Waals surface area contributed by atoms with Crippen LogP contribution >= 0.6 is 23.1 Å². The molecule has 9 heteroatoms. The summed E-state index contributed by atoms with van der Waals surface area (Å²) in [5.74, 6) is 0.881. The first-order valence-electron chi connectivity index (χ1n) is 9.66. The highest BCUT2D eigenvalue weighted by Crippen LogP contribution is 2.34. The number of anilines is 2. The van der Waals surface area contributed by atoms with Crippen LogP contribution < -0.4 is 15.0 Å². The van der Waals surface area contributed by atoms with E-state index in [2.05, 4.69) is 20.2 Å². The number of nitrogens with zero attached hydrogens (tertiary/aromatic N) is 4. The highest BCUT2D eigenvalue weighted by atomic mass is 32.2. The minimum atomic E-state index is -0.0905. The molecule has 1 aromatic carbocycles. The molecule has 29 heavy (non-hydrogen) atoms. The van der Waals surface area contributed by atoms with Gasteiger partial charge in [-0.3, -0.25) is 4.79 Å². The van der Waals surface area contributed by atoms with E-state index < -0.39 is 0 Å². The number of aromatic nitrogens is 3. The smallest absolute Gasteiger partial charge is 0.234 e. The summed E-state index contributed by atoms with van der Waals surface area (Å²) in [7, 11) is 1.60. The summed E-state index contributed by atoms with van der Waals surface area (Å²) in [6.45, 7) is 2.08. The lowest BCUT2D eigenvalue weighted by molar-refractivity contribution is -0.113. The molecule has 0 spiro atoms. The SMILES string of the molecule is COc1cccc(NC(=O)CSc2ncnc3nc(N4CCCCCC4)sc23)c1. The minimum Gasteiger partial charge on any atom is -0.497 e. The number of thiazole rings is 1. The maximum absolute atomic E-state index is 12.4. The lowest BCUT2D eigenvalue weighted by Gasteiger charge is -2.18. The van der Waals surface area contributed by atoms with Crippen LogP contribution in [-0.2, 0) is 4.79 Å². The average molecular weight is 430 g/mol. The molecule has 0 saturated carbocycles. The van der Waals surface area contributed by atoms with Gasteiger partial charge in [-0.25, -0.2) is 9.97 Å². The number of carbonyl (C=O) groups is 1. The van der Waals surface area contributed by atoms with Gasteiger partial charge < -0.3 is 15.0 Å². The maximum Gasteiger partial charge on any atom is 0.234 e. The van der Waals surface area contributed by atoms with E-state index in [1.807, 2.05) is 18.2 Å². The van der Waals surface area contributed by atoms with E-state index in [0.29, 0.717) is 17.1 Å². The van der Waals surface area contributed by atoms with E-state index >= 15 is 0 Å². The number of amides is 1. The van der Waals surface area contributed by atoms with Gasteiger partial charge in [0.1, 0.15) is 21.8 Å². The van der Waals surface area contributed by atoms with Gasteiger partial charge in [0.25, 0.3) is 0 Å². The molecule has 3 aromatic rings. The topological polar surface area (TPSA) is 80.2 Å². The predicted octanol–water partition coefficient (Wildman–Crippen LogP) is 4.21. The number of benzene rings is 1. The van der Waals surface area contributed by atoms with Crippen LogP contribution in [-0.4, -0.2) is 46.8 Å². The molecular weight excluding hydrogens is 406 g/mol. The van der Waals surface area contributed by atoms with E-state index in [9.17, 15) is 4.79 Å². The number of rotatable bonds is 6. The Hall–Kier alpha value is -2.39. The van der Waals surface area contributed by atoms with Gasteiger partial charge in [-0.2, -0.15) is 4.98 Å². The first-order chi connectivity index (χ1) is 14.2. The largest absolute Gasteiger partial charge is 0.497 e. The molecule has 1 fully saturated rings. The van der Waals surface area contributed by atoms with Crippen molar-refractivity contribution in [2.75, 3.05) is 36.2 Å². The fraction of sp³-hybridized carbons (Fsp3) is 0.400. The molecule has 1 amide bonds. The Morgan fingerprint density at radius 1 is 1.24 bits per heavy atom. The van der Waals surface area contributed by atoms with Crippen LogP contribution in [0.5, 0.6) is 5.75 Å². The van der Waals surface area contributed by atoms with E-state index in [4.69, 9.17) is 9.72 Å². The van der Waals surface area contributed by atoms with Gasteiger partial charge in [0.2, 0.25) is 5.91 Å². The Morgan fingerprint density at radius 3 is 2.86 bits per heavy atom. The van der Waals surface area contributed by atoms with Crippen LogP contribution in [0.25, 0.3) is 10.3 Å². The molecule has 3 heterocycles. The summed E-state index contributed by atoms with van der Waals surface area (Å²) in [4.78, 5) is 28.2. The molecule has 0 aliphatic carbocycles. The Balaban J connectivity index is 1.44. The highest BCUT2D eigenvalue weighted by molar-refractivity contribution is 8.00. The number of hydrogen-bond donors (Lipinski definition) is 1. The number of methoxy groups -OCH3 is 1. The van der Waals surface area contributed by atoms with Crippen LogP contribution in [0.2, 0.25) is 0 Å². The van der Waals surface area contributed by atoms with Crippen LogP contribution in [0.1, 0.15) is 25.7 Å². The number of nitrogens with one attached hydrogen (secondary N) is 1. The number of thioether (sulfide) groups is 1. The summed E-state index contributed by atoms with van der Waals surface area (Å²) in [5.41, 5.74) is 1.42. The van der Waals surface area contributed by atoms with Gasteiger partial charge in [0.15, 0.2) is 10.8 Å². The highest BCUT2D eigenvalue weighted by Gasteiger charge is 2.18. The normalized spacial score (nSPS) is 14.6. The lowest BCUT2D eigenvalue weighted by Crippen LogP contribution is -2.23. The Labute approximate surface area is 177 Å². The van der Waals surface area contributed by atoms with Gasteiger partial charge in [0, 0.05) is 24.8 Å². The number of carbonyl (C=O) groups excluding carboxylic acids is 1. The van der Waals surface area contributed by atoms with Crippen molar-refractivity contribution in [2.45, 2.75) is 30.7 Å². The standard InChI is InChI=1S/C20H23N5O2S2/c1-27-15-8-6-7-14(11-15)23-16(26)12-28-19-17-18(21-13-22-19)24-20(29-17)25-9-4-2-3-5-10-25/h6-8,11,13H,2-5,9-10,12H2,1H3,(H,23,26). The molecule has 1 N–H and O–H groups in total. The van der Waals surface area contributed by atoms with Crippen molar-refractivity contribution in [3.8, 4) is 5.75 Å². The van der Waals surface area contributed by atoms with Crippen molar-refractivity contribution < 1.29 is 9.53 Å². The molecule has 1 aliphatic heterocycles. The van der Waals surface area contributed by atoms with Gasteiger partial charge in [-0.1, -0.05) is 42.0 Å². The van der Waals surface area contributed by atoms with Crippen molar-refractivity contribution in [1.29, 1.82) is 0 Å². The summed E-state index contributed by atoms with van der Waals surface area (Å²) in [5, 5.41) is 4.70. The van der Waals surface area contributed by atoms with E-state index in [0.717, 1.165) is 27.9 Å². The van der Waals surface area contributed by atoms with Crippen LogP contribution in [0, 0.1) is 0 Å². The van der Waals surface area contributed by atoms with Crippen molar-refractivity contribution in [3.63, 3.8) is 0 Å². The second-order valence-electron chi connectivity index (χ2n) is 6.80. The quantitative estimate of drug-likeness (QED) is 0.464. The predicted molar refractivity (Wildman–Crippen MR) is 118 cm³/mol. The van der Waals surface area contributed by atoms with E-state index in [1.165, 1.54) is 43.8 Å². The molecule has 0 atom stereocenters. The Morgan fingerprint density at radius 2 is 2.07 bits per heavy atom. The molecule has 0 unspecified atom stereocenters. The van der Waals surface area contributed by atoms with Gasteiger partial charge in [0.05, 0.1) is 12.9 Å². The molecule has 7 nitrogen and oxygen atoms in total. The first-order valence-corrected chi connectivity index (χ1v) is 11.5. The van der Waals surface area contributed by atoms with Crippen LogP contribution in [0.3, 0.4) is 0 Å². The fourth-order valence-electron chi connectivity index (χ4n) is 3.25.